The number of hydrogen-bond acceptors (Lipinski definition) is 3. The first-order chi connectivity index (χ1) is 25.3. The van der Waals surface area contributed by atoms with Crippen LogP contribution < -0.4 is 0 Å². The second-order valence-electron chi connectivity index (χ2n) is 13.0. The first-order valence-corrected chi connectivity index (χ1v) is 17.2. The Labute approximate surface area is 292 Å². The van der Waals surface area contributed by atoms with E-state index in [0.717, 1.165) is 50.2 Å². The Bertz CT molecular complexity index is 3120. The van der Waals surface area contributed by atoms with Gasteiger partial charge in [0.2, 0.25) is 0 Å². The maximum atomic E-state index is 6.33. The molecule has 4 aromatic heterocycles. The van der Waals surface area contributed by atoms with Gasteiger partial charge in [0.1, 0.15) is 16.8 Å². The zero-order valence-electron chi connectivity index (χ0n) is 27.4. The van der Waals surface area contributed by atoms with Gasteiger partial charge in [-0.1, -0.05) is 97.1 Å². The Morgan fingerprint density at radius 2 is 0.922 bits per heavy atom. The summed E-state index contributed by atoms with van der Waals surface area (Å²) in [6.07, 6.45) is 0. The van der Waals surface area contributed by atoms with Crippen LogP contribution >= 0.6 is 0 Å². The maximum absolute atomic E-state index is 6.33. The van der Waals surface area contributed by atoms with Gasteiger partial charge in [0, 0.05) is 49.4 Å². The highest BCUT2D eigenvalue weighted by atomic mass is 16.3. The van der Waals surface area contributed by atoms with E-state index >= 15 is 0 Å². The lowest BCUT2D eigenvalue weighted by molar-refractivity contribution is 0.667. The summed E-state index contributed by atoms with van der Waals surface area (Å²) in [7, 11) is 0. The van der Waals surface area contributed by atoms with Gasteiger partial charge in [-0.3, -0.25) is 0 Å². The lowest BCUT2D eigenvalue weighted by Crippen LogP contribution is -1.96. The molecule has 5 nitrogen and oxygen atoms in total. The molecule has 0 radical (unpaired) electrons. The molecule has 4 heterocycles. The van der Waals surface area contributed by atoms with E-state index in [1.54, 1.807) is 0 Å². The van der Waals surface area contributed by atoms with Gasteiger partial charge >= 0.3 is 0 Å². The van der Waals surface area contributed by atoms with Gasteiger partial charge in [0.15, 0.2) is 11.4 Å². The number of aromatic nitrogens is 4. The van der Waals surface area contributed by atoms with Crippen LogP contribution in [0.2, 0.25) is 0 Å². The fraction of sp³-hybridized carbons (Fsp3) is 0. The minimum atomic E-state index is 0.664. The predicted octanol–water partition coefficient (Wildman–Crippen LogP) is 11.9. The van der Waals surface area contributed by atoms with E-state index in [1.165, 1.54) is 38.1 Å². The van der Waals surface area contributed by atoms with Crippen LogP contribution in [0.4, 0.5) is 0 Å². The van der Waals surface area contributed by atoms with Crippen molar-refractivity contribution in [3.05, 3.63) is 170 Å². The standard InChI is InChI=1S/C46H28N4O/c1-3-13-29(14-4-1)43-45-44(35-19-9-12-22-42(35)51-45)48-46(47-43)30-23-25-32(26-24-30)50-39-21-11-8-18-34(39)37-27-40-36(28-41(37)50)33-17-7-10-20-38(33)49(40)31-15-5-2-6-16-31/h1-28H. The Morgan fingerprint density at radius 3 is 1.57 bits per heavy atom. The highest BCUT2D eigenvalue weighted by Gasteiger charge is 2.20. The van der Waals surface area contributed by atoms with Crippen LogP contribution in [0.25, 0.3) is 99.7 Å². The fourth-order valence-corrected chi connectivity index (χ4v) is 7.84. The van der Waals surface area contributed by atoms with Crippen LogP contribution in [0, 0.1) is 0 Å². The van der Waals surface area contributed by atoms with Crippen molar-refractivity contribution in [1.29, 1.82) is 0 Å². The summed E-state index contributed by atoms with van der Waals surface area (Å²) in [4.78, 5) is 10.2. The monoisotopic (exact) mass is 652 g/mol. The summed E-state index contributed by atoms with van der Waals surface area (Å²) >= 11 is 0. The number of benzene rings is 7. The van der Waals surface area contributed by atoms with Crippen LogP contribution in [0.3, 0.4) is 0 Å². The third kappa shape index (κ3) is 4.15. The zero-order valence-corrected chi connectivity index (χ0v) is 27.4. The number of para-hydroxylation sites is 4. The Kier molecular flexibility index (Phi) is 5.89. The second kappa shape index (κ2) is 10.8. The van der Waals surface area contributed by atoms with Crippen molar-refractivity contribution >= 4 is 65.7 Å². The number of rotatable bonds is 4. The van der Waals surface area contributed by atoms with Crippen molar-refractivity contribution in [2.45, 2.75) is 0 Å². The molecular weight excluding hydrogens is 625 g/mol. The molecule has 0 bridgehead atoms. The van der Waals surface area contributed by atoms with Gasteiger partial charge in [0.25, 0.3) is 0 Å². The van der Waals surface area contributed by atoms with E-state index < -0.39 is 0 Å². The van der Waals surface area contributed by atoms with Crippen molar-refractivity contribution in [1.82, 2.24) is 19.1 Å². The van der Waals surface area contributed by atoms with Crippen molar-refractivity contribution < 1.29 is 4.42 Å². The molecule has 7 aromatic carbocycles. The summed E-state index contributed by atoms with van der Waals surface area (Å²) in [5, 5.41) is 5.88. The molecule has 11 aromatic rings. The number of fused-ring (bicyclic) bond motifs is 9. The summed E-state index contributed by atoms with van der Waals surface area (Å²) < 4.78 is 11.1. The quantitative estimate of drug-likeness (QED) is 0.190. The molecule has 0 fully saturated rings. The predicted molar refractivity (Wildman–Crippen MR) is 209 cm³/mol. The Balaban J connectivity index is 1.12. The molecule has 0 aliphatic carbocycles. The first kappa shape index (κ1) is 27.9. The van der Waals surface area contributed by atoms with Gasteiger partial charge in [-0.25, -0.2) is 9.97 Å². The molecule has 11 rings (SSSR count). The molecule has 0 saturated carbocycles. The Hall–Kier alpha value is -6.98. The van der Waals surface area contributed by atoms with Gasteiger partial charge < -0.3 is 13.6 Å². The number of hydrogen-bond donors (Lipinski definition) is 0. The summed E-state index contributed by atoms with van der Waals surface area (Å²) in [6.45, 7) is 0. The van der Waals surface area contributed by atoms with E-state index in [9.17, 15) is 0 Å². The zero-order chi connectivity index (χ0) is 33.5. The molecule has 238 valence electrons. The average molecular weight is 653 g/mol. The minimum absolute atomic E-state index is 0.664. The molecule has 0 amide bonds. The normalized spacial score (nSPS) is 11.9. The third-order valence-electron chi connectivity index (χ3n) is 10.1. The first-order valence-electron chi connectivity index (χ1n) is 17.2. The van der Waals surface area contributed by atoms with Gasteiger partial charge in [0.05, 0.1) is 22.1 Å². The van der Waals surface area contributed by atoms with Crippen molar-refractivity contribution in [2.75, 3.05) is 0 Å². The lowest BCUT2D eigenvalue weighted by Gasteiger charge is -2.10. The third-order valence-corrected chi connectivity index (χ3v) is 10.1. The van der Waals surface area contributed by atoms with Crippen molar-refractivity contribution in [2.24, 2.45) is 0 Å². The van der Waals surface area contributed by atoms with Crippen LogP contribution in [0.5, 0.6) is 0 Å². The second-order valence-corrected chi connectivity index (χ2v) is 13.0. The SMILES string of the molecule is c1ccc(-c2nc(-c3ccc(-n4c5ccccc5c5cc6c(cc54)c4ccccc4n6-c4ccccc4)cc3)nc3c2oc2ccccc23)cc1. The average Bonchev–Trinajstić information content (AvgIpc) is 3.85. The van der Waals surface area contributed by atoms with Crippen LogP contribution in [0.1, 0.15) is 0 Å². The van der Waals surface area contributed by atoms with Crippen LogP contribution in [0.15, 0.2) is 174 Å². The molecular formula is C46H28N4O. The van der Waals surface area contributed by atoms with Gasteiger partial charge in [-0.05, 0) is 72.8 Å². The van der Waals surface area contributed by atoms with E-state index in [0.29, 0.717) is 11.4 Å². The van der Waals surface area contributed by atoms with E-state index in [1.807, 2.05) is 36.4 Å². The number of nitrogens with zero attached hydrogens (tertiary/aromatic N) is 4. The molecule has 0 saturated heterocycles. The minimum Gasteiger partial charge on any atom is -0.452 e. The molecule has 0 atom stereocenters. The molecule has 0 spiro atoms. The molecule has 5 heteroatoms. The van der Waals surface area contributed by atoms with Crippen LogP contribution in [-0.2, 0) is 0 Å². The number of furan rings is 1. The smallest absolute Gasteiger partial charge is 0.180 e. The van der Waals surface area contributed by atoms with E-state index in [-0.39, 0.29) is 0 Å². The molecule has 0 aliphatic heterocycles. The highest BCUT2D eigenvalue weighted by Crippen LogP contribution is 2.40. The highest BCUT2D eigenvalue weighted by molar-refractivity contribution is 6.19. The van der Waals surface area contributed by atoms with E-state index in [2.05, 4.69) is 143 Å². The summed E-state index contributed by atoms with van der Waals surface area (Å²) in [6, 6.07) is 59.7. The largest absolute Gasteiger partial charge is 0.452 e. The fourth-order valence-electron chi connectivity index (χ4n) is 7.84. The molecule has 0 N–H and O–H groups in total. The molecule has 0 aliphatic rings. The van der Waals surface area contributed by atoms with Crippen molar-refractivity contribution in [3.8, 4) is 34.0 Å². The van der Waals surface area contributed by atoms with Crippen molar-refractivity contribution in [3.63, 3.8) is 0 Å². The molecule has 0 unspecified atom stereocenters. The van der Waals surface area contributed by atoms with E-state index in [4.69, 9.17) is 14.4 Å². The van der Waals surface area contributed by atoms with Gasteiger partial charge in [-0.2, -0.15) is 0 Å². The van der Waals surface area contributed by atoms with Gasteiger partial charge in [-0.15, -0.1) is 0 Å². The Morgan fingerprint density at radius 1 is 0.392 bits per heavy atom. The summed E-state index contributed by atoms with van der Waals surface area (Å²) in [5.74, 6) is 0.664. The summed E-state index contributed by atoms with van der Waals surface area (Å²) in [5.41, 5.74) is 12.0. The molecule has 51 heavy (non-hydrogen) atoms. The maximum Gasteiger partial charge on any atom is 0.180 e. The topological polar surface area (TPSA) is 48.8 Å². The van der Waals surface area contributed by atoms with Crippen LogP contribution in [-0.4, -0.2) is 19.1 Å². The lowest BCUT2D eigenvalue weighted by atomic mass is 10.1.